The summed E-state index contributed by atoms with van der Waals surface area (Å²) in [5.41, 5.74) is 3.95. The zero-order chi connectivity index (χ0) is 23.1. The van der Waals surface area contributed by atoms with Crippen LogP contribution in [0.4, 0.5) is 5.69 Å². The maximum absolute atomic E-state index is 14.0. The summed E-state index contributed by atoms with van der Waals surface area (Å²) in [5.74, 6) is -2.44. The van der Waals surface area contributed by atoms with E-state index >= 15 is 0 Å². The molecule has 0 unspecified atom stereocenters. The Morgan fingerprint density at radius 3 is 2.45 bits per heavy atom. The summed E-state index contributed by atoms with van der Waals surface area (Å²) in [6, 6.07) is 6.88. The van der Waals surface area contributed by atoms with Crippen molar-refractivity contribution in [2.45, 2.75) is 38.7 Å². The molecule has 2 heterocycles. The molecular formula is C23H26N2O6. The SMILES string of the molecule is C=CCN1C(=O)[C@]2(C(C(=O)OC(C)(C)C)=C(C)OC(N)=C2C(=O)OC)c2ccccc21. The molecule has 0 aliphatic carbocycles. The van der Waals surface area contributed by atoms with Gasteiger partial charge in [0.1, 0.15) is 27.9 Å². The number of amides is 1. The molecule has 0 radical (unpaired) electrons. The summed E-state index contributed by atoms with van der Waals surface area (Å²) in [6.07, 6.45) is 1.56. The molecule has 2 aliphatic heterocycles. The molecule has 0 fully saturated rings. The maximum Gasteiger partial charge on any atom is 0.340 e. The number of carbonyl (C=O) groups excluding carboxylic acids is 3. The van der Waals surface area contributed by atoms with Crippen molar-refractivity contribution in [1.29, 1.82) is 0 Å². The minimum atomic E-state index is -1.87. The number of ether oxygens (including phenoxy) is 3. The number of hydrogen-bond donors (Lipinski definition) is 1. The fraction of sp³-hybridized carbons (Fsp3) is 0.348. The van der Waals surface area contributed by atoms with Gasteiger partial charge in [-0.05, 0) is 33.8 Å². The first-order valence-electron chi connectivity index (χ1n) is 9.74. The van der Waals surface area contributed by atoms with Gasteiger partial charge in [-0.3, -0.25) is 4.79 Å². The number of benzene rings is 1. The van der Waals surface area contributed by atoms with Crippen LogP contribution in [0.3, 0.4) is 0 Å². The first kappa shape index (κ1) is 22.1. The van der Waals surface area contributed by atoms with Gasteiger partial charge in [0.15, 0.2) is 0 Å². The normalized spacial score (nSPS) is 20.5. The molecule has 164 valence electrons. The number of anilines is 1. The van der Waals surface area contributed by atoms with Crippen LogP contribution < -0.4 is 10.6 Å². The number of methoxy groups -OCH3 is 1. The summed E-state index contributed by atoms with van der Waals surface area (Å²) >= 11 is 0. The third kappa shape index (κ3) is 3.28. The van der Waals surface area contributed by atoms with Crippen molar-refractivity contribution in [2.75, 3.05) is 18.6 Å². The molecule has 8 heteroatoms. The molecular weight excluding hydrogens is 400 g/mol. The van der Waals surface area contributed by atoms with Crippen LogP contribution in [-0.4, -0.2) is 37.1 Å². The van der Waals surface area contributed by atoms with Gasteiger partial charge in [-0.25, -0.2) is 9.59 Å². The molecule has 0 saturated heterocycles. The molecule has 0 bridgehead atoms. The average Bonchev–Trinajstić information content (AvgIpc) is 2.90. The Hall–Kier alpha value is -3.55. The summed E-state index contributed by atoms with van der Waals surface area (Å²) in [6.45, 7) is 10.5. The Morgan fingerprint density at radius 1 is 1.23 bits per heavy atom. The fourth-order valence-corrected chi connectivity index (χ4v) is 4.07. The summed E-state index contributed by atoms with van der Waals surface area (Å²) in [5, 5.41) is 0. The quantitative estimate of drug-likeness (QED) is 0.582. The van der Waals surface area contributed by atoms with E-state index in [9.17, 15) is 14.4 Å². The number of nitrogens with zero attached hydrogens (tertiary/aromatic N) is 1. The minimum absolute atomic E-state index is 0.0722. The zero-order valence-corrected chi connectivity index (χ0v) is 18.3. The number of hydrogen-bond acceptors (Lipinski definition) is 7. The van der Waals surface area contributed by atoms with E-state index in [2.05, 4.69) is 6.58 Å². The van der Waals surface area contributed by atoms with Gasteiger partial charge >= 0.3 is 11.9 Å². The molecule has 1 aromatic carbocycles. The third-order valence-corrected chi connectivity index (χ3v) is 5.08. The van der Waals surface area contributed by atoms with E-state index in [4.69, 9.17) is 19.9 Å². The van der Waals surface area contributed by atoms with Crippen LogP contribution in [0, 0.1) is 0 Å². The van der Waals surface area contributed by atoms with Crippen molar-refractivity contribution in [3.63, 3.8) is 0 Å². The first-order valence-corrected chi connectivity index (χ1v) is 9.74. The molecule has 1 amide bonds. The minimum Gasteiger partial charge on any atom is -0.465 e. The Balaban J connectivity index is 2.42. The number of fused-ring (bicyclic) bond motifs is 2. The van der Waals surface area contributed by atoms with E-state index < -0.39 is 28.9 Å². The van der Waals surface area contributed by atoms with Gasteiger partial charge in [-0.15, -0.1) is 6.58 Å². The van der Waals surface area contributed by atoms with Gasteiger partial charge in [0.05, 0.1) is 7.11 Å². The smallest absolute Gasteiger partial charge is 0.340 e. The van der Waals surface area contributed by atoms with Crippen LogP contribution in [-0.2, 0) is 34.0 Å². The molecule has 1 atom stereocenters. The van der Waals surface area contributed by atoms with E-state index in [-0.39, 0.29) is 29.3 Å². The second kappa shape index (κ2) is 7.61. The molecule has 2 aliphatic rings. The van der Waals surface area contributed by atoms with Gasteiger partial charge in [0.25, 0.3) is 0 Å². The van der Waals surface area contributed by atoms with Crippen molar-refractivity contribution in [3.05, 3.63) is 65.3 Å². The van der Waals surface area contributed by atoms with Gasteiger partial charge in [-0.2, -0.15) is 0 Å². The van der Waals surface area contributed by atoms with Crippen molar-refractivity contribution in [3.8, 4) is 0 Å². The summed E-state index contributed by atoms with van der Waals surface area (Å²) in [4.78, 5) is 41.8. The number of para-hydroxylation sites is 1. The van der Waals surface area contributed by atoms with E-state index in [0.717, 1.165) is 0 Å². The lowest BCUT2D eigenvalue weighted by Crippen LogP contribution is -2.51. The van der Waals surface area contributed by atoms with Crippen LogP contribution in [0.5, 0.6) is 0 Å². The maximum atomic E-state index is 14.0. The largest absolute Gasteiger partial charge is 0.465 e. The van der Waals surface area contributed by atoms with Gasteiger partial charge in [-0.1, -0.05) is 24.3 Å². The average molecular weight is 426 g/mol. The van der Waals surface area contributed by atoms with Crippen molar-refractivity contribution in [2.24, 2.45) is 5.73 Å². The highest BCUT2D eigenvalue weighted by Crippen LogP contribution is 2.54. The lowest BCUT2D eigenvalue weighted by molar-refractivity contribution is -0.152. The third-order valence-electron chi connectivity index (χ3n) is 5.08. The van der Waals surface area contributed by atoms with Gasteiger partial charge in [0, 0.05) is 17.8 Å². The van der Waals surface area contributed by atoms with Crippen LogP contribution in [0.2, 0.25) is 0 Å². The van der Waals surface area contributed by atoms with E-state index in [1.165, 1.54) is 18.9 Å². The lowest BCUT2D eigenvalue weighted by Gasteiger charge is -2.37. The van der Waals surface area contributed by atoms with Crippen molar-refractivity contribution < 1.29 is 28.6 Å². The molecule has 3 rings (SSSR count). The predicted octanol–water partition coefficient (Wildman–Crippen LogP) is 2.45. The number of allylic oxidation sites excluding steroid dienone is 1. The molecule has 8 nitrogen and oxygen atoms in total. The second-order valence-electron chi connectivity index (χ2n) is 8.24. The highest BCUT2D eigenvalue weighted by atomic mass is 16.6. The molecule has 1 spiro atoms. The number of rotatable bonds is 4. The Bertz CT molecular complexity index is 1050. The van der Waals surface area contributed by atoms with Crippen LogP contribution >= 0.6 is 0 Å². The Labute approximate surface area is 180 Å². The summed E-state index contributed by atoms with van der Waals surface area (Å²) < 4.78 is 16.1. The zero-order valence-electron chi connectivity index (χ0n) is 18.3. The highest BCUT2D eigenvalue weighted by Gasteiger charge is 2.63. The molecule has 31 heavy (non-hydrogen) atoms. The fourth-order valence-electron chi connectivity index (χ4n) is 4.07. The van der Waals surface area contributed by atoms with E-state index in [0.29, 0.717) is 11.3 Å². The van der Waals surface area contributed by atoms with Gasteiger partial charge < -0.3 is 24.8 Å². The van der Waals surface area contributed by atoms with E-state index in [1.54, 1.807) is 51.1 Å². The molecule has 2 N–H and O–H groups in total. The summed E-state index contributed by atoms with van der Waals surface area (Å²) in [7, 11) is 1.17. The van der Waals surface area contributed by atoms with Crippen LogP contribution in [0.1, 0.15) is 33.3 Å². The topological polar surface area (TPSA) is 108 Å². The Kier molecular flexibility index (Phi) is 5.43. The number of esters is 2. The predicted molar refractivity (Wildman–Crippen MR) is 114 cm³/mol. The highest BCUT2D eigenvalue weighted by molar-refractivity contribution is 6.22. The molecule has 1 aromatic rings. The van der Waals surface area contributed by atoms with Crippen molar-refractivity contribution >= 4 is 23.5 Å². The first-order chi connectivity index (χ1) is 14.5. The molecule has 0 saturated carbocycles. The molecule has 0 aromatic heterocycles. The Morgan fingerprint density at radius 2 is 1.87 bits per heavy atom. The van der Waals surface area contributed by atoms with Crippen LogP contribution in [0.15, 0.2) is 59.7 Å². The number of carbonyl (C=O) groups is 3. The van der Waals surface area contributed by atoms with Crippen LogP contribution in [0.25, 0.3) is 0 Å². The number of nitrogens with two attached hydrogens (primary N) is 1. The standard InChI is InChI=1S/C23H26N2O6/c1-7-12-25-15-11-9-8-10-14(15)23(21(25)28)16(20(27)31-22(3,4)5)13(2)30-18(24)17(23)19(26)29-6/h7-11H,1,12,24H2,2-6H3/t23-/m0/s1. The van der Waals surface area contributed by atoms with Gasteiger partial charge in [0.2, 0.25) is 11.8 Å². The monoisotopic (exact) mass is 426 g/mol. The lowest BCUT2D eigenvalue weighted by atomic mass is 9.67. The van der Waals surface area contributed by atoms with Crippen molar-refractivity contribution in [1.82, 2.24) is 0 Å². The van der Waals surface area contributed by atoms with E-state index in [1.807, 2.05) is 0 Å². The second-order valence-corrected chi connectivity index (χ2v) is 8.24.